The zero-order valence-corrected chi connectivity index (χ0v) is 22.8. The van der Waals surface area contributed by atoms with Crippen LogP contribution in [0.4, 0.5) is 0 Å². The van der Waals surface area contributed by atoms with E-state index in [2.05, 4.69) is 65.8 Å². The first-order valence-corrected chi connectivity index (χ1v) is 14.1. The van der Waals surface area contributed by atoms with E-state index in [-0.39, 0.29) is 5.92 Å². The van der Waals surface area contributed by atoms with Gasteiger partial charge in [0.2, 0.25) is 0 Å². The predicted octanol–water partition coefficient (Wildman–Crippen LogP) is 9.26. The highest BCUT2D eigenvalue weighted by Crippen LogP contribution is 2.42. The highest BCUT2D eigenvalue weighted by atomic mass is 16.3. The molecular formula is C32H50O2. The van der Waals surface area contributed by atoms with Crippen molar-refractivity contribution in [3.63, 3.8) is 0 Å². The Kier molecular flexibility index (Phi) is 12.0. The molecule has 1 atom stereocenters. The molecule has 2 aromatic rings. The fraction of sp³-hybridized carbons (Fsp3) is 0.625. The van der Waals surface area contributed by atoms with Crippen molar-refractivity contribution in [2.24, 2.45) is 5.92 Å². The summed E-state index contributed by atoms with van der Waals surface area (Å²) in [4.78, 5) is 0. The van der Waals surface area contributed by atoms with Crippen molar-refractivity contribution in [2.75, 3.05) is 0 Å². The van der Waals surface area contributed by atoms with Crippen LogP contribution >= 0.6 is 0 Å². The molecule has 0 spiro atoms. The fourth-order valence-corrected chi connectivity index (χ4v) is 5.58. The monoisotopic (exact) mass is 466 g/mol. The minimum absolute atomic E-state index is 0.287. The van der Waals surface area contributed by atoms with Crippen molar-refractivity contribution >= 4 is 0 Å². The number of benzene rings is 2. The van der Waals surface area contributed by atoms with Crippen LogP contribution in [-0.2, 0) is 25.7 Å². The third-order valence-electron chi connectivity index (χ3n) is 7.30. The van der Waals surface area contributed by atoms with Gasteiger partial charge in [0.15, 0.2) is 0 Å². The van der Waals surface area contributed by atoms with Crippen molar-refractivity contribution in [3.8, 4) is 11.5 Å². The van der Waals surface area contributed by atoms with Crippen molar-refractivity contribution in [1.82, 2.24) is 0 Å². The quantitative estimate of drug-likeness (QED) is 0.274. The van der Waals surface area contributed by atoms with Gasteiger partial charge in [-0.05, 0) is 71.4 Å². The van der Waals surface area contributed by atoms with Gasteiger partial charge in [0.1, 0.15) is 11.5 Å². The summed E-state index contributed by atoms with van der Waals surface area (Å²) in [6.07, 6.45) is 12.5. The molecule has 0 aliphatic rings. The van der Waals surface area contributed by atoms with E-state index in [1.54, 1.807) is 0 Å². The summed E-state index contributed by atoms with van der Waals surface area (Å²) >= 11 is 0. The summed E-state index contributed by atoms with van der Waals surface area (Å²) in [6, 6.07) is 9.18. The molecule has 0 bridgehead atoms. The van der Waals surface area contributed by atoms with E-state index in [4.69, 9.17) is 0 Å². The standard InChI is InChI=1S/C32H50O2/c1-7-13-18-23(12-6)30(28-19-24(14-8-2)31(33)25(20-28)15-9-3)29-21-26(16-10-4)32(34)27(22-29)17-11-5/h19-23,30,33-34H,7-18H2,1-6H3. The van der Waals surface area contributed by atoms with Crippen molar-refractivity contribution in [2.45, 2.75) is 125 Å². The number of rotatable bonds is 15. The lowest BCUT2D eigenvalue weighted by Crippen LogP contribution is -2.16. The maximum Gasteiger partial charge on any atom is 0.121 e. The maximum absolute atomic E-state index is 11.0. The normalized spacial score (nSPS) is 12.4. The molecule has 0 aliphatic heterocycles. The van der Waals surface area contributed by atoms with Gasteiger partial charge in [-0.3, -0.25) is 0 Å². The number of phenols is 2. The van der Waals surface area contributed by atoms with Crippen molar-refractivity contribution in [1.29, 1.82) is 0 Å². The molecule has 0 radical (unpaired) electrons. The largest absolute Gasteiger partial charge is 0.507 e. The average molecular weight is 467 g/mol. The molecule has 190 valence electrons. The van der Waals surface area contributed by atoms with Gasteiger partial charge in [0.25, 0.3) is 0 Å². The number of aromatic hydroxyl groups is 2. The Bertz CT molecular complexity index is 763. The smallest absolute Gasteiger partial charge is 0.121 e. The highest BCUT2D eigenvalue weighted by Gasteiger charge is 2.27. The van der Waals surface area contributed by atoms with Gasteiger partial charge in [-0.25, -0.2) is 0 Å². The van der Waals surface area contributed by atoms with E-state index in [0.717, 1.165) is 80.0 Å². The van der Waals surface area contributed by atoms with E-state index in [0.29, 0.717) is 17.4 Å². The van der Waals surface area contributed by atoms with Crippen LogP contribution in [0.25, 0.3) is 0 Å². The van der Waals surface area contributed by atoms with Gasteiger partial charge >= 0.3 is 0 Å². The molecule has 0 amide bonds. The summed E-state index contributed by atoms with van der Waals surface area (Å²) in [5.74, 6) is 1.85. The summed E-state index contributed by atoms with van der Waals surface area (Å²) in [7, 11) is 0. The zero-order valence-electron chi connectivity index (χ0n) is 22.8. The zero-order chi connectivity index (χ0) is 25.1. The fourth-order valence-electron chi connectivity index (χ4n) is 5.58. The molecule has 34 heavy (non-hydrogen) atoms. The second-order valence-electron chi connectivity index (χ2n) is 10.2. The first kappa shape index (κ1) is 28.3. The Morgan fingerprint density at radius 1 is 0.559 bits per heavy atom. The van der Waals surface area contributed by atoms with Crippen LogP contribution in [0.2, 0.25) is 0 Å². The van der Waals surface area contributed by atoms with E-state index in [1.807, 2.05) is 0 Å². The number of unbranched alkanes of at least 4 members (excludes halogenated alkanes) is 1. The number of hydrogen-bond acceptors (Lipinski definition) is 2. The van der Waals surface area contributed by atoms with Crippen LogP contribution in [-0.4, -0.2) is 10.2 Å². The first-order chi connectivity index (χ1) is 16.4. The lowest BCUT2D eigenvalue weighted by Gasteiger charge is -2.30. The van der Waals surface area contributed by atoms with Crippen LogP contribution in [0, 0.1) is 5.92 Å². The van der Waals surface area contributed by atoms with Gasteiger partial charge in [-0.1, -0.05) is 111 Å². The minimum Gasteiger partial charge on any atom is -0.507 e. The number of hydrogen-bond donors (Lipinski definition) is 2. The lowest BCUT2D eigenvalue weighted by molar-refractivity contribution is 0.403. The number of aryl methyl sites for hydroxylation is 4. The van der Waals surface area contributed by atoms with Crippen LogP contribution in [0.1, 0.15) is 132 Å². The molecule has 2 heteroatoms. The molecule has 0 aromatic heterocycles. The molecule has 2 N–H and O–H groups in total. The average Bonchev–Trinajstić information content (AvgIpc) is 2.82. The Labute approximate surface area is 209 Å². The molecule has 0 saturated carbocycles. The van der Waals surface area contributed by atoms with Gasteiger partial charge in [0, 0.05) is 5.92 Å². The second kappa shape index (κ2) is 14.4. The van der Waals surface area contributed by atoms with Crippen molar-refractivity contribution in [3.05, 3.63) is 57.6 Å². The molecule has 2 nitrogen and oxygen atoms in total. The first-order valence-electron chi connectivity index (χ1n) is 14.1. The Morgan fingerprint density at radius 2 is 0.912 bits per heavy atom. The van der Waals surface area contributed by atoms with Crippen LogP contribution in [0.5, 0.6) is 11.5 Å². The highest BCUT2D eigenvalue weighted by molar-refractivity contribution is 5.51. The van der Waals surface area contributed by atoms with E-state index >= 15 is 0 Å². The molecular weight excluding hydrogens is 416 g/mol. The Balaban J connectivity index is 2.77. The van der Waals surface area contributed by atoms with E-state index < -0.39 is 0 Å². The molecule has 0 fully saturated rings. The predicted molar refractivity (Wildman–Crippen MR) is 147 cm³/mol. The minimum atomic E-state index is 0.287. The second-order valence-corrected chi connectivity index (χ2v) is 10.2. The van der Waals surface area contributed by atoms with Gasteiger partial charge in [0.05, 0.1) is 0 Å². The van der Waals surface area contributed by atoms with Gasteiger partial charge in [-0.15, -0.1) is 0 Å². The topological polar surface area (TPSA) is 40.5 Å². The summed E-state index contributed by atoms with van der Waals surface area (Å²) < 4.78 is 0. The molecule has 2 aromatic carbocycles. The lowest BCUT2D eigenvalue weighted by atomic mass is 9.75. The van der Waals surface area contributed by atoms with E-state index in [9.17, 15) is 10.2 Å². The molecule has 2 rings (SSSR count). The molecule has 0 saturated heterocycles. The maximum atomic E-state index is 11.0. The van der Waals surface area contributed by atoms with Crippen LogP contribution < -0.4 is 0 Å². The van der Waals surface area contributed by atoms with Crippen LogP contribution in [0.3, 0.4) is 0 Å². The third kappa shape index (κ3) is 7.03. The Morgan fingerprint density at radius 3 is 1.18 bits per heavy atom. The molecule has 1 unspecified atom stereocenters. The van der Waals surface area contributed by atoms with Gasteiger partial charge < -0.3 is 10.2 Å². The molecule has 0 aliphatic carbocycles. The number of phenolic OH excluding ortho intramolecular Hbond substituents is 2. The van der Waals surface area contributed by atoms with Crippen LogP contribution in [0.15, 0.2) is 24.3 Å². The van der Waals surface area contributed by atoms with Crippen molar-refractivity contribution < 1.29 is 10.2 Å². The van der Waals surface area contributed by atoms with E-state index in [1.165, 1.54) is 30.4 Å². The Hall–Kier alpha value is -1.96. The van der Waals surface area contributed by atoms with Gasteiger partial charge in [-0.2, -0.15) is 0 Å². The summed E-state index contributed by atoms with van der Waals surface area (Å²) in [5.41, 5.74) is 7.09. The third-order valence-corrected chi connectivity index (χ3v) is 7.30. The summed E-state index contributed by atoms with van der Waals surface area (Å²) in [5, 5.41) is 22.0. The molecule has 0 heterocycles. The SMILES string of the molecule is CCCCC(CC)C(c1cc(CCC)c(O)c(CCC)c1)c1cc(CCC)c(O)c(CCC)c1. The summed E-state index contributed by atoms with van der Waals surface area (Å²) in [6.45, 7) is 13.4.